The monoisotopic (exact) mass is 502 g/mol. The zero-order valence-electron chi connectivity index (χ0n) is 16.8. The normalized spacial score (nSPS) is 10.9. The van der Waals surface area contributed by atoms with E-state index in [2.05, 4.69) is 23.5 Å². The first kappa shape index (κ1) is 22.8. The fourth-order valence-electron chi connectivity index (χ4n) is 3.46. The molecular formula is C25H18Cl4N2O. The van der Waals surface area contributed by atoms with Gasteiger partial charge in [0.05, 0.1) is 20.8 Å². The number of hydrogen-bond acceptors (Lipinski definition) is 1. The van der Waals surface area contributed by atoms with Gasteiger partial charge in [-0.2, -0.15) is 0 Å². The van der Waals surface area contributed by atoms with E-state index in [1.807, 2.05) is 36.4 Å². The average Bonchev–Trinajstić information content (AvgIpc) is 2.78. The molecule has 32 heavy (non-hydrogen) atoms. The number of fused-ring (bicyclic) bond motifs is 1. The molecule has 0 aromatic heterocycles. The molecule has 4 aromatic carbocycles. The van der Waals surface area contributed by atoms with E-state index >= 15 is 0 Å². The van der Waals surface area contributed by atoms with Crippen LogP contribution in [0.25, 0.3) is 10.8 Å². The van der Waals surface area contributed by atoms with Crippen LogP contribution in [0.15, 0.2) is 78.9 Å². The highest BCUT2D eigenvalue weighted by Gasteiger charge is 2.18. The molecule has 4 rings (SSSR count). The minimum atomic E-state index is -0.312. The van der Waals surface area contributed by atoms with Gasteiger partial charge in [0.15, 0.2) is 0 Å². The quantitative estimate of drug-likeness (QED) is 0.271. The largest absolute Gasteiger partial charge is 0.322 e. The van der Waals surface area contributed by atoms with Crippen molar-refractivity contribution in [3.8, 4) is 0 Å². The summed E-state index contributed by atoms with van der Waals surface area (Å²) < 4.78 is 0. The number of nitrogens with one attached hydrogen (secondary N) is 1. The summed E-state index contributed by atoms with van der Waals surface area (Å²) in [6, 6.07) is 24.3. The van der Waals surface area contributed by atoms with Crippen molar-refractivity contribution in [1.82, 2.24) is 4.90 Å². The molecule has 7 heteroatoms. The first-order valence-corrected chi connectivity index (χ1v) is 11.3. The molecule has 0 atom stereocenters. The fourth-order valence-corrected chi connectivity index (χ4v) is 4.18. The minimum Gasteiger partial charge on any atom is -0.316 e. The number of rotatable bonds is 5. The van der Waals surface area contributed by atoms with Crippen LogP contribution in [0.2, 0.25) is 20.1 Å². The minimum absolute atomic E-state index is 0.310. The Balaban J connectivity index is 1.66. The van der Waals surface area contributed by atoms with Crippen LogP contribution in [-0.2, 0) is 13.1 Å². The van der Waals surface area contributed by atoms with Crippen molar-refractivity contribution in [2.75, 3.05) is 5.32 Å². The van der Waals surface area contributed by atoms with Crippen molar-refractivity contribution in [3.05, 3.63) is 110 Å². The van der Waals surface area contributed by atoms with Gasteiger partial charge in [-0.15, -0.1) is 0 Å². The summed E-state index contributed by atoms with van der Waals surface area (Å²) in [7, 11) is 0. The van der Waals surface area contributed by atoms with Crippen LogP contribution in [0.4, 0.5) is 10.5 Å². The molecule has 0 bridgehead atoms. The van der Waals surface area contributed by atoms with Gasteiger partial charge in [0.2, 0.25) is 0 Å². The lowest BCUT2D eigenvalue weighted by Crippen LogP contribution is -2.34. The van der Waals surface area contributed by atoms with Gasteiger partial charge in [0, 0.05) is 18.1 Å². The molecule has 162 valence electrons. The number of urea groups is 1. The highest BCUT2D eigenvalue weighted by atomic mass is 35.5. The van der Waals surface area contributed by atoms with Crippen molar-refractivity contribution < 1.29 is 4.79 Å². The molecule has 0 spiro atoms. The van der Waals surface area contributed by atoms with E-state index in [1.165, 1.54) is 6.07 Å². The number of halogens is 4. The van der Waals surface area contributed by atoms with Crippen LogP contribution in [0.1, 0.15) is 11.1 Å². The lowest BCUT2D eigenvalue weighted by molar-refractivity contribution is 0.206. The van der Waals surface area contributed by atoms with Crippen molar-refractivity contribution in [2.45, 2.75) is 13.1 Å². The van der Waals surface area contributed by atoms with Gasteiger partial charge in [-0.1, -0.05) is 101 Å². The molecule has 0 radical (unpaired) electrons. The molecule has 0 aliphatic rings. The van der Waals surface area contributed by atoms with E-state index in [0.29, 0.717) is 38.9 Å². The maximum atomic E-state index is 13.3. The Bertz CT molecular complexity index is 1270. The zero-order chi connectivity index (χ0) is 22.7. The highest BCUT2D eigenvalue weighted by molar-refractivity contribution is 6.44. The molecule has 0 aliphatic heterocycles. The number of carbonyl (C=O) groups is 1. The Labute approximate surface area is 206 Å². The van der Waals surface area contributed by atoms with Gasteiger partial charge in [-0.3, -0.25) is 0 Å². The Morgan fingerprint density at radius 2 is 1.44 bits per heavy atom. The van der Waals surface area contributed by atoms with E-state index in [4.69, 9.17) is 46.4 Å². The first-order chi connectivity index (χ1) is 15.4. The predicted octanol–water partition coefficient (Wildman–Crippen LogP) is 8.69. The van der Waals surface area contributed by atoms with Crippen LogP contribution < -0.4 is 5.32 Å². The Kier molecular flexibility index (Phi) is 7.12. The summed E-state index contributed by atoms with van der Waals surface area (Å²) in [4.78, 5) is 15.0. The second kappa shape index (κ2) is 10.0. The molecule has 0 unspecified atom stereocenters. The molecule has 0 fully saturated rings. The molecule has 2 amide bonds. The maximum absolute atomic E-state index is 13.3. The first-order valence-electron chi connectivity index (χ1n) is 9.82. The van der Waals surface area contributed by atoms with E-state index < -0.39 is 0 Å². The lowest BCUT2D eigenvalue weighted by atomic mass is 10.0. The van der Waals surface area contributed by atoms with E-state index in [1.54, 1.807) is 23.1 Å². The van der Waals surface area contributed by atoms with Crippen LogP contribution in [0.3, 0.4) is 0 Å². The molecule has 0 heterocycles. The van der Waals surface area contributed by atoms with Crippen molar-refractivity contribution in [2.24, 2.45) is 0 Å². The van der Waals surface area contributed by atoms with E-state index in [9.17, 15) is 4.79 Å². The Hall–Kier alpha value is -2.43. The molecule has 4 aromatic rings. The number of carbonyl (C=O) groups excluding carboxylic acids is 1. The number of benzene rings is 4. The second-order valence-corrected chi connectivity index (χ2v) is 8.96. The summed E-state index contributed by atoms with van der Waals surface area (Å²) in [6.45, 7) is 0.778. The Morgan fingerprint density at radius 3 is 2.22 bits per heavy atom. The van der Waals surface area contributed by atoms with Crippen LogP contribution >= 0.6 is 46.4 Å². The van der Waals surface area contributed by atoms with Gasteiger partial charge in [-0.25, -0.2) is 4.79 Å². The molecule has 1 N–H and O–H groups in total. The van der Waals surface area contributed by atoms with Crippen LogP contribution in [0.5, 0.6) is 0 Å². The van der Waals surface area contributed by atoms with Crippen LogP contribution in [0, 0.1) is 0 Å². The Morgan fingerprint density at radius 1 is 0.750 bits per heavy atom. The number of nitrogens with zero attached hydrogens (tertiary/aromatic N) is 1. The summed E-state index contributed by atoms with van der Waals surface area (Å²) in [6.07, 6.45) is 0. The van der Waals surface area contributed by atoms with E-state index in [0.717, 1.165) is 21.9 Å². The summed E-state index contributed by atoms with van der Waals surface area (Å²) in [5.41, 5.74) is 2.38. The summed E-state index contributed by atoms with van der Waals surface area (Å²) >= 11 is 24.4. The molecule has 0 aliphatic carbocycles. The fraction of sp³-hybridized carbons (Fsp3) is 0.0800. The molecule has 0 saturated heterocycles. The molecule has 0 saturated carbocycles. The lowest BCUT2D eigenvalue weighted by Gasteiger charge is -2.24. The standard InChI is InChI=1S/C25H18Cl4N2O/c26-19-10-8-16(9-11-19)14-31(15-18-6-3-5-17-4-1-2-7-20(17)18)25(32)30-24-13-22(28)21(27)12-23(24)29/h1-13H,14-15H2,(H,30,32). The number of hydrogen-bond donors (Lipinski definition) is 1. The maximum Gasteiger partial charge on any atom is 0.322 e. The predicted molar refractivity (Wildman–Crippen MR) is 135 cm³/mol. The van der Waals surface area contributed by atoms with Gasteiger partial charge >= 0.3 is 6.03 Å². The molecular weight excluding hydrogens is 486 g/mol. The number of anilines is 1. The van der Waals surface area contributed by atoms with Crippen LogP contribution in [-0.4, -0.2) is 10.9 Å². The summed E-state index contributed by atoms with van der Waals surface area (Å²) in [5.74, 6) is 0. The topological polar surface area (TPSA) is 32.3 Å². The SMILES string of the molecule is O=C(Nc1cc(Cl)c(Cl)cc1Cl)N(Cc1ccc(Cl)cc1)Cc1cccc2ccccc12. The van der Waals surface area contributed by atoms with E-state index in [-0.39, 0.29) is 6.03 Å². The summed E-state index contributed by atoms with van der Waals surface area (Å²) in [5, 5.41) is 6.66. The smallest absolute Gasteiger partial charge is 0.316 e. The zero-order valence-corrected chi connectivity index (χ0v) is 19.8. The van der Waals surface area contributed by atoms with Gasteiger partial charge in [-0.05, 0) is 46.2 Å². The third-order valence-corrected chi connectivity index (χ3v) is 6.35. The second-order valence-electron chi connectivity index (χ2n) is 7.30. The van der Waals surface area contributed by atoms with Crippen molar-refractivity contribution in [3.63, 3.8) is 0 Å². The van der Waals surface area contributed by atoms with Gasteiger partial charge < -0.3 is 10.2 Å². The van der Waals surface area contributed by atoms with Gasteiger partial charge in [0.25, 0.3) is 0 Å². The van der Waals surface area contributed by atoms with Crippen molar-refractivity contribution in [1.29, 1.82) is 0 Å². The third-order valence-electron chi connectivity index (χ3n) is 5.07. The van der Waals surface area contributed by atoms with Crippen molar-refractivity contribution >= 4 is 68.9 Å². The number of amides is 2. The average molecular weight is 504 g/mol. The molecule has 3 nitrogen and oxygen atoms in total. The van der Waals surface area contributed by atoms with Gasteiger partial charge in [0.1, 0.15) is 0 Å². The third kappa shape index (κ3) is 5.31. The highest BCUT2D eigenvalue weighted by Crippen LogP contribution is 2.32.